The van der Waals surface area contributed by atoms with E-state index in [1.165, 1.54) is 4.90 Å². The third kappa shape index (κ3) is 1.96. The topological polar surface area (TPSA) is 66.5 Å². The first kappa shape index (κ1) is 13.3. The van der Waals surface area contributed by atoms with Crippen molar-refractivity contribution >= 4 is 17.7 Å². The van der Waals surface area contributed by atoms with Crippen molar-refractivity contribution in [3.8, 4) is 0 Å². The average molecular weight is 276 g/mol. The highest BCUT2D eigenvalue weighted by Gasteiger charge is 2.56. The summed E-state index contributed by atoms with van der Waals surface area (Å²) >= 11 is 0. The van der Waals surface area contributed by atoms with Gasteiger partial charge in [0, 0.05) is 19.5 Å². The highest BCUT2D eigenvalue weighted by atomic mass is 16.2. The summed E-state index contributed by atoms with van der Waals surface area (Å²) in [4.78, 5) is 37.7. The van der Waals surface area contributed by atoms with Crippen LogP contribution in [0.5, 0.6) is 0 Å². The second-order valence-corrected chi connectivity index (χ2v) is 5.87. The second kappa shape index (κ2) is 5.04. The molecule has 3 aliphatic carbocycles. The van der Waals surface area contributed by atoms with Crippen molar-refractivity contribution in [1.29, 1.82) is 0 Å². The van der Waals surface area contributed by atoms with Crippen molar-refractivity contribution in [1.82, 2.24) is 10.2 Å². The molecule has 20 heavy (non-hydrogen) atoms. The Hall–Kier alpha value is -1.65. The van der Waals surface area contributed by atoms with E-state index in [2.05, 4.69) is 17.5 Å². The quantitative estimate of drug-likeness (QED) is 0.607. The van der Waals surface area contributed by atoms with Crippen LogP contribution in [-0.4, -0.2) is 35.7 Å². The SMILES string of the molecule is CCNC(=O)CCN1C(=O)[C@@H]2[C@@H](C1=O)[C@H]1C=C[C@H]2CC1. The van der Waals surface area contributed by atoms with Crippen LogP contribution in [-0.2, 0) is 14.4 Å². The minimum absolute atomic E-state index is 0.0663. The van der Waals surface area contributed by atoms with Gasteiger partial charge in [-0.15, -0.1) is 0 Å². The van der Waals surface area contributed by atoms with Crippen LogP contribution in [0.15, 0.2) is 12.2 Å². The molecular formula is C15H20N2O3. The first-order valence-electron chi connectivity index (χ1n) is 7.43. The molecule has 1 aliphatic heterocycles. The van der Waals surface area contributed by atoms with Crippen LogP contribution in [0.4, 0.5) is 0 Å². The summed E-state index contributed by atoms with van der Waals surface area (Å²) in [7, 11) is 0. The molecule has 1 heterocycles. The van der Waals surface area contributed by atoms with Gasteiger partial charge in [0.2, 0.25) is 17.7 Å². The maximum Gasteiger partial charge on any atom is 0.233 e. The van der Waals surface area contributed by atoms with Gasteiger partial charge in [-0.05, 0) is 31.6 Å². The molecule has 0 unspecified atom stereocenters. The number of imide groups is 1. The first-order chi connectivity index (χ1) is 9.63. The minimum Gasteiger partial charge on any atom is -0.356 e. The Morgan fingerprint density at radius 2 is 1.75 bits per heavy atom. The van der Waals surface area contributed by atoms with Gasteiger partial charge in [0.05, 0.1) is 11.8 Å². The fourth-order valence-electron chi connectivity index (χ4n) is 3.86. The number of carbonyl (C=O) groups is 3. The van der Waals surface area contributed by atoms with Gasteiger partial charge < -0.3 is 5.32 Å². The Bertz CT molecular complexity index is 454. The lowest BCUT2D eigenvalue weighted by molar-refractivity contribution is -0.140. The number of likely N-dealkylation sites (tertiary alicyclic amines) is 1. The molecule has 0 aromatic heterocycles. The van der Waals surface area contributed by atoms with Crippen LogP contribution in [0.1, 0.15) is 26.2 Å². The van der Waals surface area contributed by atoms with Crippen molar-refractivity contribution in [2.24, 2.45) is 23.7 Å². The van der Waals surface area contributed by atoms with E-state index >= 15 is 0 Å². The average Bonchev–Trinajstić information content (AvgIpc) is 2.73. The standard InChI is InChI=1S/C15H20N2O3/c1-2-16-11(18)7-8-17-14(19)12-9-3-4-10(6-5-9)13(12)15(17)20/h3-4,9-10,12-13H,2,5-8H2,1H3,(H,16,18)/t9-,10-,12-,13-/m0/s1. The molecule has 0 radical (unpaired) electrons. The van der Waals surface area contributed by atoms with Gasteiger partial charge in [-0.3, -0.25) is 19.3 Å². The summed E-state index contributed by atoms with van der Waals surface area (Å²) in [5, 5.41) is 2.69. The van der Waals surface area contributed by atoms with E-state index < -0.39 is 0 Å². The zero-order chi connectivity index (χ0) is 14.3. The summed E-state index contributed by atoms with van der Waals surface area (Å²) in [5.74, 6) is -0.136. The smallest absolute Gasteiger partial charge is 0.233 e. The number of hydrogen-bond donors (Lipinski definition) is 1. The second-order valence-electron chi connectivity index (χ2n) is 5.87. The van der Waals surface area contributed by atoms with Gasteiger partial charge in [-0.1, -0.05) is 12.2 Å². The molecule has 5 heteroatoms. The molecule has 1 saturated heterocycles. The summed E-state index contributed by atoms with van der Waals surface area (Å²) < 4.78 is 0. The molecule has 4 aliphatic rings. The van der Waals surface area contributed by atoms with Gasteiger partial charge in [0.15, 0.2) is 0 Å². The molecule has 1 saturated carbocycles. The maximum absolute atomic E-state index is 12.4. The van der Waals surface area contributed by atoms with E-state index in [0.717, 1.165) is 12.8 Å². The van der Waals surface area contributed by atoms with E-state index in [1.54, 1.807) is 0 Å². The van der Waals surface area contributed by atoms with Crippen molar-refractivity contribution in [2.75, 3.05) is 13.1 Å². The number of nitrogens with zero attached hydrogens (tertiary/aromatic N) is 1. The lowest BCUT2D eigenvalue weighted by atomic mass is 9.63. The van der Waals surface area contributed by atoms with E-state index in [-0.39, 0.29) is 54.4 Å². The number of nitrogens with one attached hydrogen (secondary N) is 1. The number of fused-ring (bicyclic) bond motifs is 1. The molecule has 2 fully saturated rings. The molecule has 0 aromatic rings. The zero-order valence-electron chi connectivity index (χ0n) is 11.7. The summed E-state index contributed by atoms with van der Waals surface area (Å²) in [5.41, 5.74) is 0. The molecule has 108 valence electrons. The summed E-state index contributed by atoms with van der Waals surface area (Å²) in [6.45, 7) is 2.64. The Morgan fingerprint density at radius 1 is 1.20 bits per heavy atom. The molecule has 0 aromatic carbocycles. The highest BCUT2D eigenvalue weighted by Crippen LogP contribution is 2.49. The third-order valence-electron chi connectivity index (χ3n) is 4.79. The molecule has 1 N–H and O–H groups in total. The van der Waals surface area contributed by atoms with Crippen LogP contribution in [0, 0.1) is 23.7 Å². The molecule has 5 nitrogen and oxygen atoms in total. The van der Waals surface area contributed by atoms with Crippen molar-refractivity contribution in [3.63, 3.8) is 0 Å². The summed E-state index contributed by atoms with van der Waals surface area (Å²) in [6, 6.07) is 0. The first-order valence-corrected chi connectivity index (χ1v) is 7.43. The van der Waals surface area contributed by atoms with Gasteiger partial charge >= 0.3 is 0 Å². The largest absolute Gasteiger partial charge is 0.356 e. The van der Waals surface area contributed by atoms with Crippen LogP contribution in [0.25, 0.3) is 0 Å². The number of hydrogen-bond acceptors (Lipinski definition) is 3. The lowest BCUT2D eigenvalue weighted by Crippen LogP contribution is -2.38. The maximum atomic E-state index is 12.4. The monoisotopic (exact) mass is 276 g/mol. The van der Waals surface area contributed by atoms with Gasteiger partial charge in [-0.25, -0.2) is 0 Å². The van der Waals surface area contributed by atoms with Crippen LogP contribution in [0.2, 0.25) is 0 Å². The number of carbonyl (C=O) groups excluding carboxylic acids is 3. The Balaban J connectivity index is 1.71. The number of allylic oxidation sites excluding steroid dienone is 2. The Labute approximate surface area is 118 Å². The lowest BCUT2D eigenvalue weighted by Gasteiger charge is -2.38. The van der Waals surface area contributed by atoms with Gasteiger partial charge in [0.25, 0.3) is 0 Å². The van der Waals surface area contributed by atoms with E-state index in [4.69, 9.17) is 0 Å². The molecular weight excluding hydrogens is 256 g/mol. The van der Waals surface area contributed by atoms with Crippen LogP contribution < -0.4 is 5.32 Å². The normalized spacial score (nSPS) is 34.5. The highest BCUT2D eigenvalue weighted by molar-refractivity contribution is 6.06. The predicted molar refractivity (Wildman–Crippen MR) is 72.4 cm³/mol. The van der Waals surface area contributed by atoms with Gasteiger partial charge in [0.1, 0.15) is 0 Å². The van der Waals surface area contributed by atoms with Crippen molar-refractivity contribution in [2.45, 2.75) is 26.2 Å². The number of rotatable bonds is 4. The van der Waals surface area contributed by atoms with Crippen LogP contribution in [0.3, 0.4) is 0 Å². The Kier molecular flexibility index (Phi) is 3.36. The van der Waals surface area contributed by atoms with E-state index in [0.29, 0.717) is 6.54 Å². The predicted octanol–water partition coefficient (Wildman–Crippen LogP) is 0.710. The summed E-state index contributed by atoms with van der Waals surface area (Å²) in [6.07, 6.45) is 6.42. The minimum atomic E-state index is -0.166. The van der Waals surface area contributed by atoms with Crippen molar-refractivity contribution < 1.29 is 14.4 Å². The molecule has 2 bridgehead atoms. The van der Waals surface area contributed by atoms with Crippen LogP contribution >= 0.6 is 0 Å². The van der Waals surface area contributed by atoms with E-state index in [1.807, 2.05) is 6.92 Å². The van der Waals surface area contributed by atoms with E-state index in [9.17, 15) is 14.4 Å². The third-order valence-corrected chi connectivity index (χ3v) is 4.79. The molecule has 4 rings (SSSR count). The molecule has 4 atom stereocenters. The fraction of sp³-hybridized carbons (Fsp3) is 0.667. The molecule has 0 spiro atoms. The molecule has 3 amide bonds. The number of amides is 3. The zero-order valence-corrected chi connectivity index (χ0v) is 11.7. The van der Waals surface area contributed by atoms with Gasteiger partial charge in [-0.2, -0.15) is 0 Å². The van der Waals surface area contributed by atoms with Crippen molar-refractivity contribution in [3.05, 3.63) is 12.2 Å². The fourth-order valence-corrected chi connectivity index (χ4v) is 3.86. The Morgan fingerprint density at radius 3 is 2.20 bits per heavy atom.